The number of hydrogen-bond acceptors (Lipinski definition) is 8. The number of aryl methyl sites for hydroxylation is 1. The van der Waals surface area contributed by atoms with E-state index in [2.05, 4.69) is 5.16 Å². The van der Waals surface area contributed by atoms with Gasteiger partial charge in [0.15, 0.2) is 6.10 Å². The minimum absolute atomic E-state index is 0.0331. The average molecular weight is 275 g/mol. The van der Waals surface area contributed by atoms with Crippen LogP contribution in [0.5, 0.6) is 5.88 Å². The Labute approximate surface area is 107 Å². The number of carboxylic acids is 1. The van der Waals surface area contributed by atoms with Crippen molar-refractivity contribution in [2.24, 2.45) is 0 Å². The van der Waals surface area contributed by atoms with Gasteiger partial charge in [0.1, 0.15) is 24.1 Å². The molecule has 9 heteroatoms. The Hall–Kier alpha value is -1.68. The Kier molecular flexibility index (Phi) is 3.71. The molecule has 2 heterocycles. The molecule has 0 bridgehead atoms. The largest absolute Gasteiger partial charge is 0.479 e. The van der Waals surface area contributed by atoms with Crippen LogP contribution in [-0.4, -0.2) is 62.3 Å². The number of aliphatic carboxylic acids is 1. The Morgan fingerprint density at radius 1 is 1.32 bits per heavy atom. The summed E-state index contributed by atoms with van der Waals surface area (Å²) < 4.78 is 14.7. The van der Waals surface area contributed by atoms with Crippen molar-refractivity contribution in [3.8, 4) is 5.88 Å². The lowest BCUT2D eigenvalue weighted by Gasteiger charge is -2.37. The minimum Gasteiger partial charge on any atom is -0.479 e. The molecule has 0 radical (unpaired) electrons. The van der Waals surface area contributed by atoms with E-state index in [-0.39, 0.29) is 5.88 Å². The van der Waals surface area contributed by atoms with E-state index >= 15 is 0 Å². The maximum absolute atomic E-state index is 10.9. The number of nitrogens with zero attached hydrogens (tertiary/aromatic N) is 1. The fourth-order valence-electron chi connectivity index (χ4n) is 1.67. The third kappa shape index (κ3) is 2.68. The van der Waals surface area contributed by atoms with Crippen molar-refractivity contribution >= 4 is 5.97 Å². The van der Waals surface area contributed by atoms with Gasteiger partial charge >= 0.3 is 5.97 Å². The topological polar surface area (TPSA) is 142 Å². The second-order valence-corrected chi connectivity index (χ2v) is 4.13. The van der Waals surface area contributed by atoms with Crippen molar-refractivity contribution in [1.29, 1.82) is 0 Å². The Morgan fingerprint density at radius 3 is 2.53 bits per heavy atom. The highest BCUT2D eigenvalue weighted by Gasteiger charge is 2.48. The van der Waals surface area contributed by atoms with E-state index in [1.807, 2.05) is 0 Å². The molecule has 19 heavy (non-hydrogen) atoms. The standard InChI is InChI=1S/C10H13NO8/c1-3-2-4(11-19-3)17-10-7(14)5(12)6(13)8(18-10)9(15)16/h2,5-8,10,12-14H,1H3,(H,15,16)/t5-,6-,7+,8-,10-/m0/s1. The predicted molar refractivity (Wildman–Crippen MR) is 56.2 cm³/mol. The Bertz CT molecular complexity index is 460. The van der Waals surface area contributed by atoms with Gasteiger partial charge in [0.05, 0.1) is 0 Å². The third-order valence-electron chi connectivity index (χ3n) is 2.66. The zero-order chi connectivity index (χ0) is 14.2. The highest BCUT2D eigenvalue weighted by molar-refractivity contribution is 5.73. The van der Waals surface area contributed by atoms with Crippen LogP contribution in [-0.2, 0) is 9.53 Å². The van der Waals surface area contributed by atoms with Gasteiger partial charge in [0.25, 0.3) is 5.88 Å². The maximum atomic E-state index is 10.9. The fraction of sp³-hybridized carbons (Fsp3) is 0.600. The molecule has 106 valence electrons. The van der Waals surface area contributed by atoms with Gasteiger partial charge in [0.2, 0.25) is 6.29 Å². The summed E-state index contributed by atoms with van der Waals surface area (Å²) in [6.45, 7) is 1.61. The van der Waals surface area contributed by atoms with Crippen LogP contribution in [0.2, 0.25) is 0 Å². The molecule has 0 aromatic carbocycles. The van der Waals surface area contributed by atoms with Crippen molar-refractivity contribution < 1.29 is 39.2 Å². The van der Waals surface area contributed by atoms with Crippen LogP contribution in [0.1, 0.15) is 5.76 Å². The molecule has 1 saturated heterocycles. The summed E-state index contributed by atoms with van der Waals surface area (Å²) in [4.78, 5) is 10.9. The molecule has 1 fully saturated rings. The van der Waals surface area contributed by atoms with E-state index in [9.17, 15) is 20.1 Å². The van der Waals surface area contributed by atoms with Crippen LogP contribution in [0.25, 0.3) is 0 Å². The second-order valence-electron chi connectivity index (χ2n) is 4.13. The number of aliphatic hydroxyl groups is 3. The molecule has 5 atom stereocenters. The van der Waals surface area contributed by atoms with Gasteiger partial charge < -0.3 is 34.4 Å². The summed E-state index contributed by atoms with van der Waals surface area (Å²) in [7, 11) is 0. The molecule has 2 rings (SSSR count). The third-order valence-corrected chi connectivity index (χ3v) is 2.66. The number of carboxylic acid groups (broad SMARTS) is 1. The first-order valence-electron chi connectivity index (χ1n) is 5.42. The molecular formula is C10H13NO8. The molecule has 1 aromatic heterocycles. The monoisotopic (exact) mass is 275 g/mol. The zero-order valence-electron chi connectivity index (χ0n) is 9.83. The number of rotatable bonds is 3. The van der Waals surface area contributed by atoms with E-state index in [1.54, 1.807) is 6.92 Å². The van der Waals surface area contributed by atoms with Gasteiger partial charge in [-0.2, -0.15) is 0 Å². The van der Waals surface area contributed by atoms with Crippen LogP contribution in [0, 0.1) is 6.92 Å². The maximum Gasteiger partial charge on any atom is 0.335 e. The summed E-state index contributed by atoms with van der Waals surface area (Å²) in [5.41, 5.74) is 0. The Balaban J connectivity index is 2.13. The van der Waals surface area contributed by atoms with Gasteiger partial charge in [-0.15, -0.1) is 0 Å². The van der Waals surface area contributed by atoms with Crippen LogP contribution in [0.15, 0.2) is 10.6 Å². The van der Waals surface area contributed by atoms with E-state index in [1.165, 1.54) is 6.07 Å². The van der Waals surface area contributed by atoms with Crippen LogP contribution < -0.4 is 4.74 Å². The van der Waals surface area contributed by atoms with E-state index in [4.69, 9.17) is 19.1 Å². The predicted octanol–water partition coefficient (Wildman–Crippen LogP) is -1.75. The summed E-state index contributed by atoms with van der Waals surface area (Å²) in [6, 6.07) is 1.39. The minimum atomic E-state index is -1.76. The molecule has 1 aromatic rings. The SMILES string of the molecule is Cc1cc(O[C@H]2O[C@H](C(=O)O)[C@@H](O)[C@H](O)[C@H]2O)no1. The fourth-order valence-corrected chi connectivity index (χ4v) is 1.67. The average Bonchev–Trinajstić information content (AvgIpc) is 2.75. The molecular weight excluding hydrogens is 262 g/mol. The van der Waals surface area contributed by atoms with Gasteiger partial charge in [0, 0.05) is 6.07 Å². The lowest BCUT2D eigenvalue weighted by atomic mass is 9.99. The molecule has 0 amide bonds. The molecule has 0 aliphatic carbocycles. The molecule has 1 aliphatic heterocycles. The number of aliphatic hydroxyl groups excluding tert-OH is 3. The van der Waals surface area contributed by atoms with Gasteiger partial charge in [-0.1, -0.05) is 0 Å². The molecule has 4 N–H and O–H groups in total. The summed E-state index contributed by atoms with van der Waals surface area (Å²) in [6.07, 6.45) is -8.29. The zero-order valence-corrected chi connectivity index (χ0v) is 9.83. The van der Waals surface area contributed by atoms with Crippen molar-refractivity contribution in [3.63, 3.8) is 0 Å². The first kappa shape index (κ1) is 13.7. The number of carbonyl (C=O) groups is 1. The first-order valence-corrected chi connectivity index (χ1v) is 5.42. The van der Waals surface area contributed by atoms with E-state index < -0.39 is 36.7 Å². The number of ether oxygens (including phenoxy) is 2. The second kappa shape index (κ2) is 5.13. The van der Waals surface area contributed by atoms with Crippen molar-refractivity contribution in [2.45, 2.75) is 37.6 Å². The molecule has 0 saturated carbocycles. The van der Waals surface area contributed by atoms with Gasteiger partial charge in [-0.25, -0.2) is 4.79 Å². The van der Waals surface area contributed by atoms with Gasteiger partial charge in [-0.05, 0) is 12.1 Å². The van der Waals surface area contributed by atoms with E-state index in [0.717, 1.165) is 0 Å². The first-order chi connectivity index (χ1) is 8.90. The highest BCUT2D eigenvalue weighted by Crippen LogP contribution is 2.24. The molecule has 9 nitrogen and oxygen atoms in total. The normalized spacial score (nSPS) is 35.1. The van der Waals surface area contributed by atoms with Crippen LogP contribution in [0.4, 0.5) is 0 Å². The van der Waals surface area contributed by atoms with Crippen molar-refractivity contribution in [3.05, 3.63) is 11.8 Å². The molecule has 1 aliphatic rings. The lowest BCUT2D eigenvalue weighted by molar-refractivity contribution is -0.272. The summed E-state index contributed by atoms with van der Waals surface area (Å²) >= 11 is 0. The molecule has 0 spiro atoms. The van der Waals surface area contributed by atoms with Crippen molar-refractivity contribution in [2.75, 3.05) is 0 Å². The van der Waals surface area contributed by atoms with Gasteiger partial charge in [-0.3, -0.25) is 0 Å². The summed E-state index contributed by atoms with van der Waals surface area (Å²) in [5, 5.41) is 41.0. The van der Waals surface area contributed by atoms with Crippen LogP contribution >= 0.6 is 0 Å². The quantitative estimate of drug-likeness (QED) is 0.505. The number of aromatic nitrogens is 1. The van der Waals surface area contributed by atoms with E-state index in [0.29, 0.717) is 5.76 Å². The van der Waals surface area contributed by atoms with Crippen molar-refractivity contribution in [1.82, 2.24) is 5.16 Å². The highest BCUT2D eigenvalue weighted by atomic mass is 16.7. The molecule has 0 unspecified atom stereocenters. The Morgan fingerprint density at radius 2 is 2.00 bits per heavy atom. The lowest BCUT2D eigenvalue weighted by Crippen LogP contribution is -2.61. The number of hydrogen-bond donors (Lipinski definition) is 4. The smallest absolute Gasteiger partial charge is 0.335 e. The van der Waals surface area contributed by atoms with Crippen LogP contribution in [0.3, 0.4) is 0 Å². The summed E-state index contributed by atoms with van der Waals surface area (Å²) in [5.74, 6) is -1.08.